The Labute approximate surface area is 175 Å². The zero-order chi connectivity index (χ0) is 21.7. The smallest absolute Gasteiger partial charge is 0.297 e. The lowest BCUT2D eigenvalue weighted by Crippen LogP contribution is -2.35. The first-order chi connectivity index (χ1) is 14.6. The molecule has 2 aromatic carbocycles. The molecule has 0 aliphatic carbocycles. The second-order valence-electron chi connectivity index (χ2n) is 6.96. The van der Waals surface area contributed by atoms with E-state index in [1.165, 1.54) is 20.9 Å². The first-order valence-corrected chi connectivity index (χ1v) is 10.3. The average molecular weight is 405 g/mol. The van der Waals surface area contributed by atoms with Crippen LogP contribution < -0.4 is 11.4 Å². The van der Waals surface area contributed by atoms with E-state index in [2.05, 4.69) is 0 Å². The summed E-state index contributed by atoms with van der Waals surface area (Å²) in [6.45, 7) is 5.92. The standard InChI is InChI=1S/C22H21N3O3.C2H6/c1-16(26)20-13-8-14-24-21(27)23(22(28)25(20)24)15-19(17-9-4-2-5-10-17)18-11-6-3-7-12-18;1-2/h2-13,19-20H,14-15H2,1H3;1-2H3. The fraction of sp³-hybridized carbons (Fsp3) is 0.292. The number of Topliss-reactive ketones (excluding diaryl/α,β-unsaturated/α-hetero) is 1. The van der Waals surface area contributed by atoms with Gasteiger partial charge in [0.2, 0.25) is 0 Å². The molecule has 0 saturated carbocycles. The van der Waals surface area contributed by atoms with Gasteiger partial charge in [0.25, 0.3) is 0 Å². The van der Waals surface area contributed by atoms with Crippen LogP contribution in [0.25, 0.3) is 0 Å². The van der Waals surface area contributed by atoms with Crippen LogP contribution in [-0.2, 0) is 17.9 Å². The summed E-state index contributed by atoms with van der Waals surface area (Å²) in [7, 11) is 0. The second kappa shape index (κ2) is 9.39. The number of hydrogen-bond donors (Lipinski definition) is 0. The third-order valence-electron chi connectivity index (χ3n) is 5.18. The van der Waals surface area contributed by atoms with Gasteiger partial charge in [0.15, 0.2) is 5.78 Å². The van der Waals surface area contributed by atoms with E-state index in [0.29, 0.717) is 0 Å². The Hall–Kier alpha value is -3.41. The molecule has 0 fully saturated rings. The molecule has 156 valence electrons. The van der Waals surface area contributed by atoms with Crippen molar-refractivity contribution in [1.82, 2.24) is 13.9 Å². The molecule has 3 aromatic rings. The number of allylic oxidation sites excluding steroid dienone is 2. The van der Waals surface area contributed by atoms with Crippen molar-refractivity contribution in [3.05, 3.63) is 105 Å². The predicted molar refractivity (Wildman–Crippen MR) is 118 cm³/mol. The Balaban J connectivity index is 0.00000124. The number of benzene rings is 2. The highest BCUT2D eigenvalue weighted by atomic mass is 16.2. The third kappa shape index (κ3) is 3.99. The summed E-state index contributed by atoms with van der Waals surface area (Å²) >= 11 is 0. The maximum atomic E-state index is 13.1. The molecule has 1 aliphatic heterocycles. The van der Waals surface area contributed by atoms with Gasteiger partial charge >= 0.3 is 11.4 Å². The minimum Gasteiger partial charge on any atom is -0.297 e. The van der Waals surface area contributed by atoms with Crippen LogP contribution in [-0.4, -0.2) is 19.7 Å². The molecule has 0 spiro atoms. The van der Waals surface area contributed by atoms with Crippen LogP contribution in [0.5, 0.6) is 0 Å². The predicted octanol–water partition coefficient (Wildman–Crippen LogP) is 3.37. The molecule has 0 saturated heterocycles. The van der Waals surface area contributed by atoms with E-state index < -0.39 is 17.4 Å². The lowest BCUT2D eigenvalue weighted by Gasteiger charge is -2.18. The number of nitrogens with zero attached hydrogens (tertiary/aromatic N) is 3. The number of fused-ring (bicyclic) bond motifs is 1. The fourth-order valence-electron chi connectivity index (χ4n) is 3.77. The molecule has 1 atom stereocenters. The molecule has 1 aromatic heterocycles. The Morgan fingerprint density at radius 2 is 1.47 bits per heavy atom. The molecule has 1 unspecified atom stereocenters. The Morgan fingerprint density at radius 3 is 1.97 bits per heavy atom. The van der Waals surface area contributed by atoms with Gasteiger partial charge in [-0.2, -0.15) is 0 Å². The van der Waals surface area contributed by atoms with E-state index >= 15 is 0 Å². The minimum atomic E-state index is -0.734. The van der Waals surface area contributed by atoms with Gasteiger partial charge in [-0.15, -0.1) is 0 Å². The normalized spacial score (nSPS) is 14.7. The van der Waals surface area contributed by atoms with Crippen molar-refractivity contribution in [2.45, 2.75) is 45.8 Å². The maximum Gasteiger partial charge on any atom is 0.348 e. The number of rotatable bonds is 5. The molecule has 0 N–H and O–H groups in total. The zero-order valence-corrected chi connectivity index (χ0v) is 17.6. The summed E-state index contributed by atoms with van der Waals surface area (Å²) in [6, 6.07) is 18.9. The van der Waals surface area contributed by atoms with Crippen molar-refractivity contribution in [1.29, 1.82) is 0 Å². The molecular weight excluding hydrogens is 378 g/mol. The second-order valence-corrected chi connectivity index (χ2v) is 6.96. The van der Waals surface area contributed by atoms with Gasteiger partial charge in [-0.25, -0.2) is 23.5 Å². The highest BCUT2D eigenvalue weighted by molar-refractivity contribution is 5.81. The topological polar surface area (TPSA) is 66.0 Å². The van der Waals surface area contributed by atoms with Crippen LogP contribution in [0.2, 0.25) is 0 Å². The van der Waals surface area contributed by atoms with Gasteiger partial charge in [0.1, 0.15) is 6.04 Å². The molecule has 6 heteroatoms. The van der Waals surface area contributed by atoms with E-state index in [1.54, 1.807) is 12.2 Å². The van der Waals surface area contributed by atoms with E-state index in [1.807, 2.05) is 74.5 Å². The third-order valence-corrected chi connectivity index (χ3v) is 5.18. The number of carbonyl (C=O) groups excluding carboxylic acids is 1. The molecule has 30 heavy (non-hydrogen) atoms. The first kappa shape index (κ1) is 21.3. The van der Waals surface area contributed by atoms with Crippen LogP contribution in [0.4, 0.5) is 0 Å². The lowest BCUT2D eigenvalue weighted by molar-refractivity contribution is -0.119. The Kier molecular flexibility index (Phi) is 6.67. The highest BCUT2D eigenvalue weighted by Crippen LogP contribution is 2.25. The summed E-state index contributed by atoms with van der Waals surface area (Å²) < 4.78 is 3.87. The SMILES string of the molecule is CC.CC(=O)C1C=CCn2c(=O)n(CC(c3ccccc3)c3ccccc3)c(=O)n21. The molecule has 1 aliphatic rings. The van der Waals surface area contributed by atoms with Crippen molar-refractivity contribution in [2.75, 3.05) is 0 Å². The van der Waals surface area contributed by atoms with E-state index in [4.69, 9.17) is 0 Å². The molecule has 0 radical (unpaired) electrons. The molecule has 6 nitrogen and oxygen atoms in total. The molecule has 4 rings (SSSR count). The summed E-state index contributed by atoms with van der Waals surface area (Å²) in [6.07, 6.45) is 3.43. The summed E-state index contributed by atoms with van der Waals surface area (Å²) in [4.78, 5) is 38.0. The van der Waals surface area contributed by atoms with Gasteiger partial charge < -0.3 is 0 Å². The summed E-state index contributed by atoms with van der Waals surface area (Å²) in [5, 5.41) is 0. The Bertz CT molecular complexity index is 1100. The molecule has 0 bridgehead atoms. The fourth-order valence-corrected chi connectivity index (χ4v) is 3.77. The van der Waals surface area contributed by atoms with Crippen molar-refractivity contribution in [3.8, 4) is 0 Å². The van der Waals surface area contributed by atoms with Gasteiger partial charge in [-0.3, -0.25) is 4.79 Å². The van der Waals surface area contributed by atoms with Crippen molar-refractivity contribution < 1.29 is 4.79 Å². The van der Waals surface area contributed by atoms with Crippen LogP contribution in [0.15, 0.2) is 82.4 Å². The van der Waals surface area contributed by atoms with E-state index in [0.717, 1.165) is 11.1 Å². The van der Waals surface area contributed by atoms with Crippen LogP contribution in [0.1, 0.15) is 43.9 Å². The van der Waals surface area contributed by atoms with Gasteiger partial charge in [0.05, 0.1) is 6.54 Å². The Morgan fingerprint density at radius 1 is 0.933 bits per heavy atom. The van der Waals surface area contributed by atoms with Crippen molar-refractivity contribution in [3.63, 3.8) is 0 Å². The van der Waals surface area contributed by atoms with Gasteiger partial charge in [-0.05, 0) is 18.1 Å². The maximum absolute atomic E-state index is 13.1. The van der Waals surface area contributed by atoms with Gasteiger partial charge in [-0.1, -0.05) is 86.7 Å². The van der Waals surface area contributed by atoms with Crippen molar-refractivity contribution in [2.24, 2.45) is 0 Å². The zero-order valence-electron chi connectivity index (χ0n) is 17.6. The average Bonchev–Trinajstić information content (AvgIpc) is 3.04. The summed E-state index contributed by atoms with van der Waals surface area (Å²) in [5.41, 5.74) is 1.20. The largest absolute Gasteiger partial charge is 0.348 e. The molecule has 2 heterocycles. The number of ketones is 1. The molecular formula is C24H27N3O3. The van der Waals surface area contributed by atoms with Crippen molar-refractivity contribution >= 4 is 5.78 Å². The van der Waals surface area contributed by atoms with Gasteiger partial charge in [0, 0.05) is 12.5 Å². The monoisotopic (exact) mass is 405 g/mol. The lowest BCUT2D eigenvalue weighted by atomic mass is 9.91. The molecule has 0 amide bonds. The highest BCUT2D eigenvalue weighted by Gasteiger charge is 2.27. The van der Waals surface area contributed by atoms with E-state index in [-0.39, 0.29) is 24.8 Å². The summed E-state index contributed by atoms with van der Waals surface area (Å²) in [5.74, 6) is -0.326. The first-order valence-electron chi connectivity index (χ1n) is 10.3. The van der Waals surface area contributed by atoms with Crippen LogP contribution >= 0.6 is 0 Å². The number of carbonyl (C=O) groups is 1. The number of hydrogen-bond acceptors (Lipinski definition) is 3. The van der Waals surface area contributed by atoms with Crippen LogP contribution in [0.3, 0.4) is 0 Å². The quantitative estimate of drug-likeness (QED) is 0.612. The van der Waals surface area contributed by atoms with E-state index in [9.17, 15) is 14.4 Å². The minimum absolute atomic E-state index is 0.151. The van der Waals surface area contributed by atoms with Crippen LogP contribution in [0, 0.1) is 0 Å². The number of aromatic nitrogens is 3.